The summed E-state index contributed by atoms with van der Waals surface area (Å²) in [6.45, 7) is 8.24. The van der Waals surface area contributed by atoms with Gasteiger partial charge in [0, 0.05) is 12.0 Å². The van der Waals surface area contributed by atoms with Gasteiger partial charge in [-0.1, -0.05) is 33.8 Å². The molecule has 1 aromatic carbocycles. The molecular weight excluding hydrogens is 226 g/mol. The average Bonchev–Trinajstić information content (AvgIpc) is 2.36. The largest absolute Gasteiger partial charge is 0.496 e. The van der Waals surface area contributed by atoms with Gasteiger partial charge in [-0.3, -0.25) is 4.79 Å². The fourth-order valence-corrected chi connectivity index (χ4v) is 1.72. The van der Waals surface area contributed by atoms with Gasteiger partial charge in [0.25, 0.3) is 0 Å². The molecular formula is C15H23NO2. The number of hydrogen-bond donors (Lipinski definition) is 1. The molecule has 0 atom stereocenters. The van der Waals surface area contributed by atoms with Crippen LogP contribution in [-0.4, -0.2) is 19.4 Å². The Morgan fingerprint density at radius 2 is 2.00 bits per heavy atom. The number of ketones is 1. The number of benzene rings is 1. The van der Waals surface area contributed by atoms with E-state index in [1.54, 1.807) is 7.11 Å². The van der Waals surface area contributed by atoms with Crippen molar-refractivity contribution >= 4 is 5.78 Å². The zero-order chi connectivity index (χ0) is 13.9. The number of hydrogen-bond acceptors (Lipinski definition) is 3. The van der Waals surface area contributed by atoms with E-state index in [1.807, 2.05) is 32.0 Å². The second kappa shape index (κ2) is 5.53. The van der Waals surface area contributed by atoms with E-state index in [9.17, 15) is 4.79 Å². The van der Waals surface area contributed by atoms with Crippen molar-refractivity contribution in [2.45, 2.75) is 33.6 Å². The van der Waals surface area contributed by atoms with Crippen LogP contribution in [0, 0.1) is 5.41 Å². The predicted molar refractivity (Wildman–Crippen MR) is 74.2 cm³/mol. The normalized spacial score (nSPS) is 11.7. The lowest BCUT2D eigenvalue weighted by molar-refractivity contribution is 0.0844. The van der Waals surface area contributed by atoms with Gasteiger partial charge in [-0.25, -0.2) is 0 Å². The molecule has 0 aliphatic rings. The Kier molecular flexibility index (Phi) is 4.52. The smallest absolute Gasteiger partial charge is 0.173 e. The van der Waals surface area contributed by atoms with Crippen LogP contribution in [0.1, 0.15) is 49.5 Å². The van der Waals surface area contributed by atoms with Gasteiger partial charge in [-0.2, -0.15) is 0 Å². The van der Waals surface area contributed by atoms with Gasteiger partial charge < -0.3 is 10.5 Å². The van der Waals surface area contributed by atoms with Crippen LogP contribution in [0.15, 0.2) is 18.2 Å². The molecule has 0 aromatic heterocycles. The van der Waals surface area contributed by atoms with Crippen molar-refractivity contribution < 1.29 is 9.53 Å². The second-order valence-corrected chi connectivity index (χ2v) is 5.53. The number of rotatable bonds is 5. The first-order valence-electron chi connectivity index (χ1n) is 6.26. The van der Waals surface area contributed by atoms with Gasteiger partial charge in [0.1, 0.15) is 5.75 Å². The number of nitrogens with two attached hydrogens (primary N) is 1. The van der Waals surface area contributed by atoms with Crippen molar-refractivity contribution in [3.8, 4) is 5.75 Å². The Labute approximate surface area is 109 Å². The summed E-state index contributed by atoms with van der Waals surface area (Å²) < 4.78 is 5.28. The molecule has 0 spiro atoms. The Morgan fingerprint density at radius 3 is 2.44 bits per heavy atom. The molecule has 0 aliphatic carbocycles. The highest BCUT2D eigenvalue weighted by Crippen LogP contribution is 2.30. The molecule has 3 heteroatoms. The molecule has 1 rings (SSSR count). The summed E-state index contributed by atoms with van der Waals surface area (Å²) in [5, 5.41) is 0. The quantitative estimate of drug-likeness (QED) is 0.816. The molecule has 100 valence electrons. The van der Waals surface area contributed by atoms with Gasteiger partial charge >= 0.3 is 0 Å². The molecule has 0 saturated carbocycles. The van der Waals surface area contributed by atoms with E-state index in [4.69, 9.17) is 10.5 Å². The maximum absolute atomic E-state index is 12.5. The fourth-order valence-electron chi connectivity index (χ4n) is 1.72. The lowest BCUT2D eigenvalue weighted by atomic mass is 9.83. The molecule has 0 aliphatic heterocycles. The van der Waals surface area contributed by atoms with Crippen LogP contribution in [-0.2, 0) is 0 Å². The number of methoxy groups -OCH3 is 1. The zero-order valence-electron chi connectivity index (χ0n) is 11.9. The monoisotopic (exact) mass is 249 g/mol. The fraction of sp³-hybridized carbons (Fsp3) is 0.533. The molecule has 0 radical (unpaired) electrons. The number of Topliss-reactive ketones (excluding diaryl/α,β-unsaturated/α-hetero) is 1. The first kappa shape index (κ1) is 14.7. The molecule has 18 heavy (non-hydrogen) atoms. The van der Waals surface area contributed by atoms with E-state index in [0.717, 1.165) is 5.56 Å². The van der Waals surface area contributed by atoms with E-state index < -0.39 is 5.41 Å². The topological polar surface area (TPSA) is 52.3 Å². The summed E-state index contributed by atoms with van der Waals surface area (Å²) >= 11 is 0. The SMILES string of the molecule is COc1ccc(C(C)C)cc1C(=O)C(C)(C)CN. The van der Waals surface area contributed by atoms with Crippen LogP contribution in [0.5, 0.6) is 5.75 Å². The Morgan fingerprint density at radius 1 is 1.39 bits per heavy atom. The van der Waals surface area contributed by atoms with E-state index in [1.165, 1.54) is 0 Å². The first-order valence-corrected chi connectivity index (χ1v) is 6.26. The number of carbonyl (C=O) groups excluding carboxylic acids is 1. The summed E-state index contributed by atoms with van der Waals surface area (Å²) in [7, 11) is 1.58. The van der Waals surface area contributed by atoms with E-state index >= 15 is 0 Å². The third-order valence-corrected chi connectivity index (χ3v) is 3.26. The van der Waals surface area contributed by atoms with Gasteiger partial charge in [0.2, 0.25) is 0 Å². The lowest BCUT2D eigenvalue weighted by Crippen LogP contribution is -2.33. The Bertz CT molecular complexity index is 436. The van der Waals surface area contributed by atoms with Crippen molar-refractivity contribution in [3.05, 3.63) is 29.3 Å². The molecule has 0 unspecified atom stereocenters. The maximum atomic E-state index is 12.5. The van der Waals surface area contributed by atoms with Gasteiger partial charge in [0.05, 0.1) is 12.7 Å². The van der Waals surface area contributed by atoms with Crippen molar-refractivity contribution in [1.82, 2.24) is 0 Å². The van der Waals surface area contributed by atoms with Gasteiger partial charge in [0.15, 0.2) is 5.78 Å². The maximum Gasteiger partial charge on any atom is 0.173 e. The highest BCUT2D eigenvalue weighted by molar-refractivity contribution is 6.02. The molecule has 0 bridgehead atoms. The minimum atomic E-state index is -0.567. The predicted octanol–water partition coefficient (Wildman–Crippen LogP) is 2.99. The van der Waals surface area contributed by atoms with E-state index in [-0.39, 0.29) is 5.78 Å². The van der Waals surface area contributed by atoms with E-state index in [0.29, 0.717) is 23.8 Å². The molecule has 0 fully saturated rings. The number of carbonyl (C=O) groups is 1. The van der Waals surface area contributed by atoms with Crippen molar-refractivity contribution in [2.75, 3.05) is 13.7 Å². The van der Waals surface area contributed by atoms with Crippen molar-refractivity contribution in [3.63, 3.8) is 0 Å². The standard InChI is InChI=1S/C15H23NO2/c1-10(2)11-6-7-13(18-5)12(8-11)14(17)15(3,4)9-16/h6-8,10H,9,16H2,1-5H3. The summed E-state index contributed by atoms with van der Waals surface area (Å²) in [4.78, 5) is 12.5. The van der Waals surface area contributed by atoms with Crippen LogP contribution >= 0.6 is 0 Å². The van der Waals surface area contributed by atoms with Crippen LogP contribution < -0.4 is 10.5 Å². The minimum absolute atomic E-state index is 0.0318. The van der Waals surface area contributed by atoms with Gasteiger partial charge in [-0.05, 0) is 23.6 Å². The molecule has 3 nitrogen and oxygen atoms in total. The highest BCUT2D eigenvalue weighted by Gasteiger charge is 2.29. The highest BCUT2D eigenvalue weighted by atomic mass is 16.5. The first-order chi connectivity index (χ1) is 8.33. The van der Waals surface area contributed by atoms with Crippen molar-refractivity contribution in [1.29, 1.82) is 0 Å². The van der Waals surface area contributed by atoms with Crippen molar-refractivity contribution in [2.24, 2.45) is 11.1 Å². The summed E-state index contributed by atoms with van der Waals surface area (Å²) in [6.07, 6.45) is 0. The van der Waals surface area contributed by atoms with E-state index in [2.05, 4.69) is 13.8 Å². The molecule has 0 amide bonds. The Hall–Kier alpha value is -1.35. The summed E-state index contributed by atoms with van der Waals surface area (Å²) in [5.41, 5.74) is 6.86. The average molecular weight is 249 g/mol. The molecule has 0 heterocycles. The number of ether oxygens (including phenoxy) is 1. The minimum Gasteiger partial charge on any atom is -0.496 e. The lowest BCUT2D eigenvalue weighted by Gasteiger charge is -2.22. The second-order valence-electron chi connectivity index (χ2n) is 5.53. The van der Waals surface area contributed by atoms with Crippen LogP contribution in [0.4, 0.5) is 0 Å². The molecule has 2 N–H and O–H groups in total. The van der Waals surface area contributed by atoms with Gasteiger partial charge in [-0.15, -0.1) is 0 Å². The third-order valence-electron chi connectivity index (χ3n) is 3.26. The summed E-state index contributed by atoms with van der Waals surface area (Å²) in [6, 6.07) is 5.77. The van der Waals surface area contributed by atoms with Crippen LogP contribution in [0.2, 0.25) is 0 Å². The van der Waals surface area contributed by atoms with Crippen LogP contribution in [0.25, 0.3) is 0 Å². The zero-order valence-corrected chi connectivity index (χ0v) is 11.9. The van der Waals surface area contributed by atoms with Crippen LogP contribution in [0.3, 0.4) is 0 Å². The Balaban J connectivity index is 3.28. The summed E-state index contributed by atoms with van der Waals surface area (Å²) in [5.74, 6) is 1.03. The molecule has 0 saturated heterocycles. The third kappa shape index (κ3) is 2.91. The molecule has 1 aromatic rings.